The van der Waals surface area contributed by atoms with Crippen LogP contribution in [0, 0.1) is 0 Å². The molecule has 3 nitrogen and oxygen atoms in total. The van der Waals surface area contributed by atoms with Crippen LogP contribution in [0.25, 0.3) is 22.2 Å². The fourth-order valence-electron chi connectivity index (χ4n) is 2.50. The summed E-state index contributed by atoms with van der Waals surface area (Å²) in [6.45, 7) is 0. The molecule has 0 aliphatic heterocycles. The Morgan fingerprint density at radius 1 is 1.18 bits per heavy atom. The first-order valence-electron chi connectivity index (χ1n) is 6.43. The van der Waals surface area contributed by atoms with Crippen molar-refractivity contribution in [1.29, 1.82) is 0 Å². The van der Waals surface area contributed by atoms with E-state index in [-0.39, 0.29) is 6.42 Å². The van der Waals surface area contributed by atoms with Gasteiger partial charge in [-0.2, -0.15) is 0 Å². The highest BCUT2D eigenvalue weighted by atomic mass is 79.9. The van der Waals surface area contributed by atoms with Gasteiger partial charge in [-0.3, -0.25) is 4.79 Å². The highest BCUT2D eigenvalue weighted by molar-refractivity contribution is 9.10. The molecule has 0 amide bonds. The summed E-state index contributed by atoms with van der Waals surface area (Å²) in [4.78, 5) is 14.5. The molecule has 0 radical (unpaired) electrons. The van der Waals surface area contributed by atoms with E-state index < -0.39 is 5.97 Å². The van der Waals surface area contributed by atoms with E-state index in [1.54, 1.807) is 12.1 Å². The van der Waals surface area contributed by atoms with Gasteiger partial charge in [0.15, 0.2) is 0 Å². The van der Waals surface area contributed by atoms with E-state index in [1.165, 1.54) is 0 Å². The second kappa shape index (κ2) is 5.95. The summed E-state index contributed by atoms with van der Waals surface area (Å²) in [6, 6.07) is 11.0. The molecule has 112 valence electrons. The van der Waals surface area contributed by atoms with Crippen molar-refractivity contribution in [2.24, 2.45) is 0 Å². The van der Waals surface area contributed by atoms with Crippen molar-refractivity contribution >= 4 is 56.0 Å². The van der Waals surface area contributed by atoms with Gasteiger partial charge in [0.2, 0.25) is 0 Å². The lowest BCUT2D eigenvalue weighted by Gasteiger charge is -2.04. The topological polar surface area (TPSA) is 53.1 Å². The lowest BCUT2D eigenvalue weighted by molar-refractivity contribution is -0.136. The Labute approximate surface area is 145 Å². The largest absolute Gasteiger partial charge is 0.481 e. The number of carboxylic acid groups (broad SMARTS) is 1. The number of aromatic nitrogens is 1. The lowest BCUT2D eigenvalue weighted by atomic mass is 10.0. The first-order valence-corrected chi connectivity index (χ1v) is 7.98. The predicted molar refractivity (Wildman–Crippen MR) is 92.8 cm³/mol. The molecule has 3 aromatic rings. The number of aliphatic carboxylic acids is 1. The monoisotopic (exact) mass is 397 g/mol. The van der Waals surface area contributed by atoms with Gasteiger partial charge in [-0.25, -0.2) is 0 Å². The highest BCUT2D eigenvalue weighted by Crippen LogP contribution is 2.37. The molecule has 2 aromatic carbocycles. The van der Waals surface area contributed by atoms with Crippen LogP contribution in [-0.4, -0.2) is 16.1 Å². The van der Waals surface area contributed by atoms with Gasteiger partial charge in [-0.05, 0) is 35.4 Å². The van der Waals surface area contributed by atoms with Crippen LogP contribution in [0.1, 0.15) is 5.56 Å². The number of benzene rings is 2. The second-order valence-electron chi connectivity index (χ2n) is 4.87. The van der Waals surface area contributed by atoms with Crippen molar-refractivity contribution in [3.05, 3.63) is 56.5 Å². The number of hydrogen-bond donors (Lipinski definition) is 2. The molecule has 0 unspecified atom stereocenters. The molecule has 0 saturated heterocycles. The van der Waals surface area contributed by atoms with Crippen LogP contribution in [0.15, 0.2) is 40.9 Å². The van der Waals surface area contributed by atoms with E-state index in [9.17, 15) is 9.90 Å². The Morgan fingerprint density at radius 3 is 2.50 bits per heavy atom. The van der Waals surface area contributed by atoms with Crippen molar-refractivity contribution in [2.45, 2.75) is 6.42 Å². The third-order valence-corrected chi connectivity index (χ3v) is 4.42. The number of fused-ring (bicyclic) bond motifs is 1. The van der Waals surface area contributed by atoms with Crippen LogP contribution < -0.4 is 0 Å². The Hall–Kier alpha value is -1.49. The number of H-pyrrole nitrogens is 1. The summed E-state index contributed by atoms with van der Waals surface area (Å²) >= 11 is 15.7. The van der Waals surface area contributed by atoms with Crippen LogP contribution in [0.2, 0.25) is 10.0 Å². The summed E-state index contributed by atoms with van der Waals surface area (Å²) in [5, 5.41) is 10.9. The van der Waals surface area contributed by atoms with E-state index in [0.717, 1.165) is 21.2 Å². The van der Waals surface area contributed by atoms with Gasteiger partial charge in [0, 0.05) is 20.4 Å². The summed E-state index contributed by atoms with van der Waals surface area (Å²) in [6.07, 6.45) is -0.118. The van der Waals surface area contributed by atoms with Crippen molar-refractivity contribution in [3.8, 4) is 11.3 Å². The molecule has 1 heterocycles. The minimum absolute atomic E-state index is 0.118. The van der Waals surface area contributed by atoms with Crippen LogP contribution in [0.5, 0.6) is 0 Å². The number of rotatable bonds is 3. The molecule has 1 aromatic heterocycles. The lowest BCUT2D eigenvalue weighted by Crippen LogP contribution is -2.01. The fraction of sp³-hybridized carbons (Fsp3) is 0.0625. The quantitative estimate of drug-likeness (QED) is 0.609. The summed E-state index contributed by atoms with van der Waals surface area (Å²) < 4.78 is 0.952. The standard InChI is InChI=1S/C16H10BrCl2NO2/c17-9-3-1-8(2-4-9)16-11(7-14(21)22)15-12(19)5-10(18)6-13(15)20-16/h1-6,20H,7H2,(H,21,22). The third-order valence-electron chi connectivity index (χ3n) is 3.38. The molecule has 0 bridgehead atoms. The summed E-state index contributed by atoms with van der Waals surface area (Å²) in [5.74, 6) is -0.912. The normalized spacial score (nSPS) is 11.0. The molecule has 0 atom stereocenters. The molecule has 0 aliphatic carbocycles. The number of nitrogens with one attached hydrogen (secondary N) is 1. The molecule has 0 fully saturated rings. The summed E-state index contributed by atoms with van der Waals surface area (Å²) in [7, 11) is 0. The minimum atomic E-state index is -0.912. The Bertz CT molecular complexity index is 872. The molecule has 3 rings (SSSR count). The number of carbonyl (C=O) groups is 1. The smallest absolute Gasteiger partial charge is 0.307 e. The van der Waals surface area contributed by atoms with Gasteiger partial charge >= 0.3 is 5.97 Å². The molecular weight excluding hydrogens is 389 g/mol. The van der Waals surface area contributed by atoms with E-state index >= 15 is 0 Å². The molecule has 0 saturated carbocycles. The van der Waals surface area contributed by atoms with Crippen LogP contribution in [0.3, 0.4) is 0 Å². The third kappa shape index (κ3) is 2.86. The van der Waals surface area contributed by atoms with E-state index in [4.69, 9.17) is 23.2 Å². The van der Waals surface area contributed by atoms with Gasteiger partial charge in [-0.15, -0.1) is 0 Å². The Kier molecular flexibility index (Phi) is 4.17. The van der Waals surface area contributed by atoms with Gasteiger partial charge in [-0.1, -0.05) is 51.3 Å². The van der Waals surface area contributed by atoms with Gasteiger partial charge < -0.3 is 10.1 Å². The number of halogens is 3. The maximum Gasteiger partial charge on any atom is 0.307 e. The number of hydrogen-bond acceptors (Lipinski definition) is 1. The van der Waals surface area contributed by atoms with Crippen molar-refractivity contribution in [2.75, 3.05) is 0 Å². The first kappa shape index (κ1) is 15.4. The molecule has 0 aliphatic rings. The zero-order valence-electron chi connectivity index (χ0n) is 11.2. The zero-order chi connectivity index (χ0) is 15.9. The average molecular weight is 399 g/mol. The van der Waals surface area contributed by atoms with Crippen LogP contribution in [0.4, 0.5) is 0 Å². The molecular formula is C16H10BrCl2NO2. The SMILES string of the molecule is O=C(O)Cc1c(-c2ccc(Br)cc2)[nH]c2cc(Cl)cc(Cl)c12. The minimum Gasteiger partial charge on any atom is -0.481 e. The van der Waals surface area contributed by atoms with Crippen molar-refractivity contribution in [3.63, 3.8) is 0 Å². The molecule has 6 heteroatoms. The molecule has 0 spiro atoms. The first-order chi connectivity index (χ1) is 10.5. The van der Waals surface area contributed by atoms with E-state index in [2.05, 4.69) is 20.9 Å². The van der Waals surface area contributed by atoms with Crippen molar-refractivity contribution in [1.82, 2.24) is 4.98 Å². The van der Waals surface area contributed by atoms with Gasteiger partial charge in [0.05, 0.1) is 17.1 Å². The average Bonchev–Trinajstić information content (AvgIpc) is 2.77. The Balaban J connectivity index is 2.30. The second-order valence-corrected chi connectivity index (χ2v) is 6.63. The van der Waals surface area contributed by atoms with Gasteiger partial charge in [0.25, 0.3) is 0 Å². The maximum absolute atomic E-state index is 11.2. The fourth-order valence-corrected chi connectivity index (χ4v) is 3.38. The predicted octanol–water partition coefficient (Wildman–Crippen LogP) is 5.53. The summed E-state index contributed by atoms with van der Waals surface area (Å²) in [5.41, 5.74) is 3.02. The maximum atomic E-state index is 11.2. The van der Waals surface area contributed by atoms with E-state index in [1.807, 2.05) is 24.3 Å². The molecule has 2 N–H and O–H groups in total. The van der Waals surface area contributed by atoms with Crippen LogP contribution >= 0.6 is 39.1 Å². The highest BCUT2D eigenvalue weighted by Gasteiger charge is 2.18. The van der Waals surface area contributed by atoms with E-state index in [0.29, 0.717) is 21.0 Å². The number of carboxylic acids is 1. The Morgan fingerprint density at radius 2 is 1.86 bits per heavy atom. The number of aromatic amines is 1. The van der Waals surface area contributed by atoms with Crippen LogP contribution in [-0.2, 0) is 11.2 Å². The molecule has 22 heavy (non-hydrogen) atoms. The van der Waals surface area contributed by atoms with Gasteiger partial charge in [0.1, 0.15) is 0 Å². The van der Waals surface area contributed by atoms with Crippen molar-refractivity contribution < 1.29 is 9.90 Å². The zero-order valence-corrected chi connectivity index (χ0v) is 14.3.